The van der Waals surface area contributed by atoms with Crippen LogP contribution in [0.15, 0.2) is 85.2 Å². The highest BCUT2D eigenvalue weighted by molar-refractivity contribution is 5.99. The van der Waals surface area contributed by atoms with E-state index in [0.29, 0.717) is 31.1 Å². The van der Waals surface area contributed by atoms with Gasteiger partial charge in [-0.15, -0.1) is 0 Å². The molecule has 1 fully saturated rings. The summed E-state index contributed by atoms with van der Waals surface area (Å²) in [7, 11) is 0. The van der Waals surface area contributed by atoms with Crippen molar-refractivity contribution in [1.82, 2.24) is 25.5 Å². The van der Waals surface area contributed by atoms with Gasteiger partial charge in [0, 0.05) is 48.6 Å². The first-order valence-corrected chi connectivity index (χ1v) is 20.3. The van der Waals surface area contributed by atoms with Crippen LogP contribution >= 0.6 is 0 Å². The van der Waals surface area contributed by atoms with Gasteiger partial charge in [0.2, 0.25) is 11.8 Å². The minimum absolute atomic E-state index is 0.0913. The molecule has 1 saturated heterocycles. The Bertz CT molecular complexity index is 1920. The van der Waals surface area contributed by atoms with Gasteiger partial charge in [-0.2, -0.15) is 0 Å². The molecule has 0 spiro atoms. The van der Waals surface area contributed by atoms with Gasteiger partial charge in [-0.3, -0.25) is 19.2 Å². The zero-order valence-corrected chi connectivity index (χ0v) is 33.8. The van der Waals surface area contributed by atoms with Crippen molar-refractivity contribution in [2.75, 3.05) is 19.7 Å². The fourth-order valence-electron chi connectivity index (χ4n) is 6.85. The van der Waals surface area contributed by atoms with E-state index in [4.69, 9.17) is 4.74 Å². The van der Waals surface area contributed by atoms with Crippen LogP contribution in [0.25, 0.3) is 22.5 Å². The summed E-state index contributed by atoms with van der Waals surface area (Å²) in [4.78, 5) is 63.5. The van der Waals surface area contributed by atoms with Gasteiger partial charge >= 0.3 is 5.97 Å². The topological polar surface area (TPSA) is 151 Å². The third-order valence-electron chi connectivity index (χ3n) is 10.3. The number of nitrogens with zero attached hydrogens (tertiary/aromatic N) is 3. The van der Waals surface area contributed by atoms with Gasteiger partial charge in [-0.05, 0) is 72.1 Å². The number of unbranched alkanes of at least 4 members (excludes halogenated alkanes) is 4. The number of aliphatic carboxylic acids is 1. The number of ether oxygens (including phenoxy) is 1. The smallest absolute Gasteiger partial charge is 0.305 e. The summed E-state index contributed by atoms with van der Waals surface area (Å²) in [6.07, 6.45) is 11.7. The van der Waals surface area contributed by atoms with Gasteiger partial charge in [0.25, 0.3) is 5.91 Å². The second-order valence-corrected chi connectivity index (χ2v) is 15.9. The quantitative estimate of drug-likeness (QED) is 0.0868. The number of piperidine rings is 1. The molecule has 2 atom stereocenters. The third-order valence-corrected chi connectivity index (χ3v) is 10.3. The van der Waals surface area contributed by atoms with Crippen LogP contribution in [0.2, 0.25) is 0 Å². The Morgan fingerprint density at radius 1 is 0.754 bits per heavy atom. The first-order chi connectivity index (χ1) is 27.4. The number of aromatic nitrogens is 2. The standard InChI is InChI=1S/C46H57N5O6/c1-5-6-7-8-12-27-57-38-23-19-33(20-24-38)36-30-47-42(48-31-36)34-15-13-32(14-16-34)28-39(49-43(54)35-17-21-37(22-18-35)46(2,3)4)44(55)50-40(29-41(52)53)45(56)51-25-10-9-11-26-51/h13-24,30-31,39-40H,5-12,25-29H2,1-4H3,(H,49,54)(H,50,55)(H,52,53)/t39-,40-/m0/s1. The number of benzene rings is 3. The summed E-state index contributed by atoms with van der Waals surface area (Å²) in [5.74, 6) is -1.37. The predicted octanol–water partition coefficient (Wildman–Crippen LogP) is 7.77. The van der Waals surface area contributed by atoms with Gasteiger partial charge in [-0.1, -0.05) is 102 Å². The van der Waals surface area contributed by atoms with Crippen LogP contribution in [-0.4, -0.2) is 75.4 Å². The molecule has 3 N–H and O–H groups in total. The van der Waals surface area contributed by atoms with Crippen LogP contribution in [-0.2, 0) is 26.2 Å². The maximum atomic E-state index is 13.9. The van der Waals surface area contributed by atoms with Crippen molar-refractivity contribution in [3.05, 3.63) is 102 Å². The van der Waals surface area contributed by atoms with E-state index in [2.05, 4.69) is 48.3 Å². The lowest BCUT2D eigenvalue weighted by Crippen LogP contribution is -2.56. The Morgan fingerprint density at radius 3 is 2.00 bits per heavy atom. The van der Waals surface area contributed by atoms with Crippen molar-refractivity contribution in [2.45, 2.75) is 109 Å². The number of amides is 3. The molecule has 57 heavy (non-hydrogen) atoms. The molecule has 2 heterocycles. The molecule has 0 unspecified atom stereocenters. The van der Waals surface area contributed by atoms with Crippen molar-refractivity contribution < 1.29 is 29.0 Å². The first kappa shape index (κ1) is 42.6. The van der Waals surface area contributed by atoms with E-state index in [1.165, 1.54) is 25.7 Å². The van der Waals surface area contributed by atoms with Crippen LogP contribution in [0.4, 0.5) is 0 Å². The molecule has 0 saturated carbocycles. The zero-order chi connectivity index (χ0) is 40.8. The van der Waals surface area contributed by atoms with Crippen molar-refractivity contribution in [3.63, 3.8) is 0 Å². The van der Waals surface area contributed by atoms with E-state index in [1.807, 2.05) is 60.7 Å². The molecule has 0 radical (unpaired) electrons. The minimum atomic E-state index is -1.27. The maximum Gasteiger partial charge on any atom is 0.305 e. The number of hydrogen-bond donors (Lipinski definition) is 3. The lowest BCUT2D eigenvalue weighted by molar-refractivity contribution is -0.144. The summed E-state index contributed by atoms with van der Waals surface area (Å²) in [5, 5.41) is 15.2. The summed E-state index contributed by atoms with van der Waals surface area (Å²) >= 11 is 0. The second-order valence-electron chi connectivity index (χ2n) is 15.9. The highest BCUT2D eigenvalue weighted by Gasteiger charge is 2.32. The Kier molecular flexibility index (Phi) is 15.3. The van der Waals surface area contributed by atoms with Gasteiger partial charge < -0.3 is 25.4 Å². The summed E-state index contributed by atoms with van der Waals surface area (Å²) in [5.41, 5.74) is 4.69. The Balaban J connectivity index is 1.27. The number of carboxylic acids is 1. The summed E-state index contributed by atoms with van der Waals surface area (Å²) in [6, 6.07) is 20.2. The molecule has 3 aromatic carbocycles. The first-order valence-electron chi connectivity index (χ1n) is 20.3. The predicted molar refractivity (Wildman–Crippen MR) is 222 cm³/mol. The molecular formula is C46H57N5O6. The van der Waals surface area contributed by atoms with E-state index in [-0.39, 0.29) is 11.8 Å². The van der Waals surface area contributed by atoms with E-state index < -0.39 is 42.2 Å². The van der Waals surface area contributed by atoms with Crippen LogP contribution in [0.5, 0.6) is 5.75 Å². The second kappa shape index (κ2) is 20.5. The summed E-state index contributed by atoms with van der Waals surface area (Å²) in [6.45, 7) is 10.2. The number of hydrogen-bond acceptors (Lipinski definition) is 7. The molecule has 1 aliphatic heterocycles. The lowest BCUT2D eigenvalue weighted by Gasteiger charge is -2.31. The molecule has 0 aliphatic carbocycles. The molecule has 1 aromatic heterocycles. The third kappa shape index (κ3) is 12.7. The molecule has 5 rings (SSSR count). The lowest BCUT2D eigenvalue weighted by atomic mass is 9.86. The molecule has 1 aliphatic rings. The number of likely N-dealkylation sites (tertiary alicyclic amines) is 1. The highest BCUT2D eigenvalue weighted by atomic mass is 16.5. The fraction of sp³-hybridized carbons (Fsp3) is 0.435. The minimum Gasteiger partial charge on any atom is -0.494 e. The normalized spacial score (nSPS) is 14.0. The zero-order valence-electron chi connectivity index (χ0n) is 33.8. The molecule has 4 aromatic rings. The molecule has 0 bridgehead atoms. The van der Waals surface area contributed by atoms with Crippen LogP contribution in [0.3, 0.4) is 0 Å². The van der Waals surface area contributed by atoms with E-state index in [9.17, 15) is 24.3 Å². The molecule has 11 heteroatoms. The van der Waals surface area contributed by atoms with Gasteiger partial charge in [-0.25, -0.2) is 9.97 Å². The molecule has 302 valence electrons. The number of carboxylic acid groups (broad SMARTS) is 1. The average Bonchev–Trinajstić information content (AvgIpc) is 3.21. The largest absolute Gasteiger partial charge is 0.494 e. The Morgan fingerprint density at radius 2 is 1.39 bits per heavy atom. The SMILES string of the molecule is CCCCCCCOc1ccc(-c2cnc(-c3ccc(C[C@H](NC(=O)c4ccc(C(C)(C)C)cc4)C(=O)N[C@@H](CC(=O)O)C(=O)N4CCCCC4)cc3)nc2)cc1. The van der Waals surface area contributed by atoms with E-state index in [1.54, 1.807) is 29.4 Å². The summed E-state index contributed by atoms with van der Waals surface area (Å²) < 4.78 is 5.91. The Labute approximate surface area is 336 Å². The number of carbonyl (C=O) groups excluding carboxylic acids is 3. The van der Waals surface area contributed by atoms with E-state index in [0.717, 1.165) is 59.3 Å². The number of rotatable bonds is 18. The molecular weight excluding hydrogens is 719 g/mol. The number of nitrogens with one attached hydrogen (secondary N) is 2. The average molecular weight is 776 g/mol. The monoisotopic (exact) mass is 775 g/mol. The van der Waals surface area contributed by atoms with Gasteiger partial charge in [0.05, 0.1) is 13.0 Å². The fourth-order valence-corrected chi connectivity index (χ4v) is 6.85. The maximum absolute atomic E-state index is 13.9. The number of carbonyl (C=O) groups is 4. The van der Waals surface area contributed by atoms with Crippen molar-refractivity contribution in [2.24, 2.45) is 0 Å². The van der Waals surface area contributed by atoms with Crippen molar-refractivity contribution >= 4 is 23.7 Å². The van der Waals surface area contributed by atoms with Crippen molar-refractivity contribution in [1.29, 1.82) is 0 Å². The van der Waals surface area contributed by atoms with Crippen molar-refractivity contribution in [3.8, 4) is 28.3 Å². The molecule has 3 amide bonds. The Hall–Kier alpha value is -5.58. The van der Waals surface area contributed by atoms with Crippen LogP contribution < -0.4 is 15.4 Å². The van der Waals surface area contributed by atoms with Crippen LogP contribution in [0.1, 0.15) is 107 Å². The highest BCUT2D eigenvalue weighted by Crippen LogP contribution is 2.25. The van der Waals surface area contributed by atoms with Crippen LogP contribution in [0, 0.1) is 0 Å². The van der Waals surface area contributed by atoms with Gasteiger partial charge in [0.15, 0.2) is 5.82 Å². The van der Waals surface area contributed by atoms with Gasteiger partial charge in [0.1, 0.15) is 17.8 Å². The molecule has 11 nitrogen and oxygen atoms in total. The van der Waals surface area contributed by atoms with E-state index >= 15 is 0 Å².